The number of piperazine rings is 1. The Bertz CT molecular complexity index is 1070. The molecule has 1 aliphatic rings. The topological polar surface area (TPSA) is 70.6 Å². The first-order valence-corrected chi connectivity index (χ1v) is 11.2. The van der Waals surface area contributed by atoms with Crippen LogP contribution in [0, 0.1) is 11.8 Å². The van der Waals surface area contributed by atoms with Gasteiger partial charge >= 0.3 is 0 Å². The van der Waals surface area contributed by atoms with Crippen LogP contribution < -0.4 is 4.90 Å². The molecule has 7 nitrogen and oxygen atoms in total. The highest BCUT2D eigenvalue weighted by atomic mass is 16.5. The van der Waals surface area contributed by atoms with E-state index in [0.717, 1.165) is 49.7 Å². The second-order valence-corrected chi connectivity index (χ2v) is 8.88. The maximum Gasteiger partial charge on any atom is 0.210 e. The van der Waals surface area contributed by atoms with Gasteiger partial charge in [-0.3, -0.25) is 4.90 Å². The van der Waals surface area contributed by atoms with E-state index in [-0.39, 0.29) is 0 Å². The number of hydrogen-bond acceptors (Lipinski definition) is 6. The zero-order valence-electron chi connectivity index (χ0n) is 19.1. The van der Waals surface area contributed by atoms with Crippen LogP contribution in [0.25, 0.3) is 0 Å². The Kier molecular flexibility index (Phi) is 6.63. The predicted molar refractivity (Wildman–Crippen MR) is 125 cm³/mol. The van der Waals surface area contributed by atoms with Crippen LogP contribution in [0.2, 0.25) is 0 Å². The highest BCUT2D eigenvalue weighted by Crippen LogP contribution is 2.18. The molecule has 0 aliphatic carbocycles. The minimum Gasteiger partial charge on any atom is -0.389 e. The van der Waals surface area contributed by atoms with E-state index in [1.165, 1.54) is 5.69 Å². The van der Waals surface area contributed by atoms with Gasteiger partial charge in [0, 0.05) is 68.9 Å². The lowest BCUT2D eigenvalue weighted by molar-refractivity contribution is 0.0345. The normalized spacial score (nSPS) is 14.9. The van der Waals surface area contributed by atoms with Crippen LogP contribution in [-0.4, -0.2) is 63.0 Å². The maximum absolute atomic E-state index is 10.0. The van der Waals surface area contributed by atoms with Crippen LogP contribution in [0.3, 0.4) is 0 Å². The fourth-order valence-electron chi connectivity index (χ4n) is 4.02. The van der Waals surface area contributed by atoms with E-state index in [4.69, 9.17) is 4.52 Å². The SMILES string of the molecule is CCc1nccn1Cc1cc(C#Cc2ccc(N3CCN(CC(C)(C)O)CC3)cc2)on1. The summed E-state index contributed by atoms with van der Waals surface area (Å²) in [5, 5.41) is 14.1. The van der Waals surface area contributed by atoms with Gasteiger partial charge in [0.2, 0.25) is 5.76 Å². The van der Waals surface area contributed by atoms with Gasteiger partial charge in [-0.1, -0.05) is 18.0 Å². The van der Waals surface area contributed by atoms with E-state index >= 15 is 0 Å². The maximum atomic E-state index is 10.0. The molecule has 1 saturated heterocycles. The molecule has 4 rings (SSSR count). The minimum absolute atomic E-state index is 0.560. The highest BCUT2D eigenvalue weighted by molar-refractivity contribution is 5.51. The second kappa shape index (κ2) is 9.60. The van der Waals surface area contributed by atoms with Crippen molar-refractivity contribution in [3.63, 3.8) is 0 Å². The molecule has 0 bridgehead atoms. The molecule has 7 heteroatoms. The zero-order valence-corrected chi connectivity index (χ0v) is 19.1. The monoisotopic (exact) mass is 433 g/mol. The van der Waals surface area contributed by atoms with Gasteiger partial charge in [-0.25, -0.2) is 4.98 Å². The summed E-state index contributed by atoms with van der Waals surface area (Å²) in [6.45, 7) is 11.0. The highest BCUT2D eigenvalue weighted by Gasteiger charge is 2.22. The third kappa shape index (κ3) is 5.78. The van der Waals surface area contributed by atoms with E-state index < -0.39 is 5.60 Å². The van der Waals surface area contributed by atoms with Gasteiger partial charge in [-0.2, -0.15) is 0 Å². The van der Waals surface area contributed by atoms with Crippen LogP contribution >= 0.6 is 0 Å². The van der Waals surface area contributed by atoms with E-state index in [0.29, 0.717) is 18.8 Å². The van der Waals surface area contributed by atoms with Gasteiger partial charge in [-0.15, -0.1) is 0 Å². The number of imidazole rings is 1. The van der Waals surface area contributed by atoms with Crippen molar-refractivity contribution in [1.82, 2.24) is 19.6 Å². The molecule has 0 atom stereocenters. The Hall–Kier alpha value is -3.08. The van der Waals surface area contributed by atoms with Crippen LogP contribution in [-0.2, 0) is 13.0 Å². The molecular formula is C25H31N5O2. The van der Waals surface area contributed by atoms with Crippen molar-refractivity contribution in [2.75, 3.05) is 37.6 Å². The first-order chi connectivity index (χ1) is 15.4. The van der Waals surface area contributed by atoms with Crippen molar-refractivity contribution in [3.8, 4) is 11.8 Å². The van der Waals surface area contributed by atoms with Crippen molar-refractivity contribution in [1.29, 1.82) is 0 Å². The summed E-state index contributed by atoms with van der Waals surface area (Å²) in [5.74, 6) is 7.82. The molecule has 0 spiro atoms. The van der Waals surface area contributed by atoms with Crippen molar-refractivity contribution in [2.45, 2.75) is 39.3 Å². The standard InChI is InChI=1S/C25H31N5O2/c1-4-24-26-11-12-30(24)18-21-17-23(32-27-21)10-7-20-5-8-22(9-6-20)29-15-13-28(14-16-29)19-25(2,3)31/h5-6,8-9,11-12,17,31H,4,13-16,18-19H2,1-3H3. The van der Waals surface area contributed by atoms with Gasteiger partial charge in [0.05, 0.1) is 12.1 Å². The van der Waals surface area contributed by atoms with Crippen molar-refractivity contribution < 1.29 is 9.63 Å². The molecule has 0 saturated carbocycles. The van der Waals surface area contributed by atoms with Gasteiger partial charge in [0.25, 0.3) is 0 Å². The molecule has 32 heavy (non-hydrogen) atoms. The Morgan fingerprint density at radius 1 is 1.09 bits per heavy atom. The lowest BCUT2D eigenvalue weighted by Gasteiger charge is -2.38. The Labute approximate surface area is 189 Å². The molecule has 168 valence electrons. The van der Waals surface area contributed by atoms with Crippen LogP contribution in [0.4, 0.5) is 5.69 Å². The number of aromatic nitrogens is 3. The van der Waals surface area contributed by atoms with Gasteiger partial charge in [0.1, 0.15) is 11.5 Å². The Balaban J connectivity index is 1.33. The molecule has 0 radical (unpaired) electrons. The summed E-state index contributed by atoms with van der Waals surface area (Å²) in [5.41, 5.74) is 2.33. The number of rotatable bonds is 6. The molecule has 3 heterocycles. The first-order valence-electron chi connectivity index (χ1n) is 11.2. The van der Waals surface area contributed by atoms with Gasteiger partial charge in [0.15, 0.2) is 0 Å². The molecule has 2 aromatic heterocycles. The number of aryl methyl sites for hydroxylation is 1. The first kappa shape index (κ1) is 22.1. The summed E-state index contributed by atoms with van der Waals surface area (Å²) in [6, 6.07) is 10.2. The lowest BCUT2D eigenvalue weighted by atomic mass is 10.1. The van der Waals surface area contributed by atoms with E-state index in [2.05, 4.69) is 55.4 Å². The third-order valence-electron chi connectivity index (χ3n) is 5.55. The number of nitrogens with zero attached hydrogens (tertiary/aromatic N) is 5. The average Bonchev–Trinajstić information content (AvgIpc) is 3.41. The number of benzene rings is 1. The van der Waals surface area contributed by atoms with E-state index in [9.17, 15) is 5.11 Å². The van der Waals surface area contributed by atoms with E-state index in [1.54, 1.807) is 6.20 Å². The summed E-state index contributed by atoms with van der Waals surface area (Å²) >= 11 is 0. The van der Waals surface area contributed by atoms with Gasteiger partial charge in [-0.05, 0) is 44.0 Å². The number of anilines is 1. The number of aliphatic hydroxyl groups is 1. The summed E-state index contributed by atoms with van der Waals surface area (Å²) in [7, 11) is 0. The lowest BCUT2D eigenvalue weighted by Crippen LogP contribution is -2.50. The smallest absolute Gasteiger partial charge is 0.210 e. The Morgan fingerprint density at radius 2 is 1.84 bits per heavy atom. The van der Waals surface area contributed by atoms with Crippen molar-refractivity contribution in [2.24, 2.45) is 0 Å². The molecular weight excluding hydrogens is 402 g/mol. The van der Waals surface area contributed by atoms with Crippen molar-refractivity contribution >= 4 is 5.69 Å². The summed E-state index contributed by atoms with van der Waals surface area (Å²) < 4.78 is 7.45. The second-order valence-electron chi connectivity index (χ2n) is 8.88. The van der Waals surface area contributed by atoms with Crippen LogP contribution in [0.15, 0.2) is 47.2 Å². The molecule has 0 amide bonds. The molecule has 1 aliphatic heterocycles. The summed E-state index contributed by atoms with van der Waals surface area (Å²) in [6.07, 6.45) is 4.64. The molecule has 0 unspecified atom stereocenters. The number of β-amino-alcohol motifs (C(OH)–C–C–N with tert-alkyl or cyclic N) is 1. The Morgan fingerprint density at radius 3 is 2.53 bits per heavy atom. The fourth-order valence-corrected chi connectivity index (χ4v) is 4.02. The molecule has 3 aromatic rings. The van der Waals surface area contributed by atoms with Crippen molar-refractivity contribution in [3.05, 3.63) is 65.6 Å². The van der Waals surface area contributed by atoms with E-state index in [1.807, 2.05) is 38.2 Å². The molecule has 1 fully saturated rings. The number of hydrogen-bond donors (Lipinski definition) is 1. The predicted octanol–water partition coefficient (Wildman–Crippen LogP) is 2.77. The van der Waals surface area contributed by atoms with Crippen LogP contribution in [0.1, 0.15) is 43.6 Å². The zero-order chi connectivity index (χ0) is 22.6. The fraction of sp³-hybridized carbons (Fsp3) is 0.440. The summed E-state index contributed by atoms with van der Waals surface area (Å²) in [4.78, 5) is 9.03. The molecule has 1 N–H and O–H groups in total. The average molecular weight is 434 g/mol. The minimum atomic E-state index is -0.648. The van der Waals surface area contributed by atoms with Gasteiger partial charge < -0.3 is 19.1 Å². The quantitative estimate of drug-likeness (QED) is 0.603. The third-order valence-corrected chi connectivity index (χ3v) is 5.55. The van der Waals surface area contributed by atoms with Crippen LogP contribution in [0.5, 0.6) is 0 Å². The molecule has 1 aromatic carbocycles. The largest absolute Gasteiger partial charge is 0.389 e.